The quantitative estimate of drug-likeness (QED) is 0.826. The third-order valence-electron chi connectivity index (χ3n) is 4.14. The minimum absolute atomic E-state index is 0.0390. The summed E-state index contributed by atoms with van der Waals surface area (Å²) in [5, 5.41) is 4.42. The van der Waals surface area contributed by atoms with Crippen LogP contribution in [0, 0.1) is 0 Å². The number of ether oxygens (including phenoxy) is 1. The van der Waals surface area contributed by atoms with Gasteiger partial charge in [-0.05, 0) is 13.3 Å². The lowest BCUT2D eigenvalue weighted by Gasteiger charge is -2.18. The first kappa shape index (κ1) is 16.7. The first-order chi connectivity index (χ1) is 11.3. The van der Waals surface area contributed by atoms with E-state index in [1.807, 2.05) is 0 Å². The molecule has 0 saturated heterocycles. The van der Waals surface area contributed by atoms with E-state index in [0.717, 1.165) is 0 Å². The molecule has 0 aromatic carbocycles. The predicted molar refractivity (Wildman–Crippen MR) is 80.2 cm³/mol. The lowest BCUT2D eigenvalue weighted by Crippen LogP contribution is -2.27. The molecule has 1 aliphatic heterocycles. The highest BCUT2D eigenvalue weighted by molar-refractivity contribution is 5.47. The van der Waals surface area contributed by atoms with Gasteiger partial charge in [-0.1, -0.05) is 0 Å². The molecule has 0 N–H and O–H groups in total. The van der Waals surface area contributed by atoms with Crippen molar-refractivity contribution in [2.45, 2.75) is 38.6 Å². The number of anilines is 1. The van der Waals surface area contributed by atoms with Crippen LogP contribution in [-0.2, 0) is 11.3 Å². The van der Waals surface area contributed by atoms with Gasteiger partial charge >= 0.3 is 6.18 Å². The molecule has 1 atom stereocenters. The van der Waals surface area contributed by atoms with Crippen LogP contribution in [0.1, 0.15) is 31.7 Å². The van der Waals surface area contributed by atoms with Crippen molar-refractivity contribution in [1.82, 2.24) is 19.2 Å². The van der Waals surface area contributed by atoms with Crippen molar-refractivity contribution in [1.29, 1.82) is 0 Å². The van der Waals surface area contributed by atoms with Crippen LogP contribution in [0.3, 0.4) is 0 Å². The Balaban J connectivity index is 1.92. The SMILES string of the molecule is CO[C@@H](C)c1ncc2c(=O)n3c(nn12)N(CCCC(F)(F)F)CC3. The van der Waals surface area contributed by atoms with Crippen LogP contribution in [0.2, 0.25) is 0 Å². The van der Waals surface area contributed by atoms with Gasteiger partial charge in [-0.3, -0.25) is 9.36 Å². The fraction of sp³-hybridized carbons (Fsp3) is 0.643. The van der Waals surface area contributed by atoms with E-state index in [1.165, 1.54) is 22.4 Å². The van der Waals surface area contributed by atoms with E-state index in [1.54, 1.807) is 11.8 Å². The number of fused-ring (bicyclic) bond motifs is 2. The fourth-order valence-electron chi connectivity index (χ4n) is 2.80. The molecule has 0 radical (unpaired) electrons. The average molecular weight is 345 g/mol. The zero-order valence-corrected chi connectivity index (χ0v) is 13.4. The zero-order valence-electron chi connectivity index (χ0n) is 13.4. The van der Waals surface area contributed by atoms with Gasteiger partial charge in [-0.2, -0.15) is 13.2 Å². The number of aromatic nitrogens is 4. The fourth-order valence-corrected chi connectivity index (χ4v) is 2.80. The monoisotopic (exact) mass is 345 g/mol. The van der Waals surface area contributed by atoms with E-state index in [0.29, 0.717) is 30.4 Å². The Morgan fingerprint density at radius 2 is 2.12 bits per heavy atom. The Labute approximate surface area is 135 Å². The molecule has 2 aromatic rings. The topological polar surface area (TPSA) is 64.7 Å². The van der Waals surface area contributed by atoms with E-state index in [4.69, 9.17) is 4.74 Å². The molecule has 0 amide bonds. The van der Waals surface area contributed by atoms with Gasteiger partial charge in [0.15, 0.2) is 11.3 Å². The van der Waals surface area contributed by atoms with Crippen LogP contribution in [0.5, 0.6) is 0 Å². The summed E-state index contributed by atoms with van der Waals surface area (Å²) < 4.78 is 45.1. The number of hydrogen-bond acceptors (Lipinski definition) is 5. The van der Waals surface area contributed by atoms with Gasteiger partial charge in [-0.15, -0.1) is 5.10 Å². The highest BCUT2D eigenvalue weighted by Gasteiger charge is 2.29. The number of halogens is 3. The predicted octanol–water partition coefficient (Wildman–Crippen LogP) is 1.76. The normalized spacial score (nSPS) is 16.0. The third-order valence-corrected chi connectivity index (χ3v) is 4.14. The molecule has 7 nitrogen and oxygen atoms in total. The Morgan fingerprint density at radius 3 is 2.79 bits per heavy atom. The smallest absolute Gasteiger partial charge is 0.374 e. The number of hydrogen-bond donors (Lipinski definition) is 0. The molecule has 0 fully saturated rings. The maximum Gasteiger partial charge on any atom is 0.389 e. The van der Waals surface area contributed by atoms with Crippen LogP contribution in [0.15, 0.2) is 11.0 Å². The van der Waals surface area contributed by atoms with E-state index < -0.39 is 12.6 Å². The van der Waals surface area contributed by atoms with Gasteiger partial charge in [-0.25, -0.2) is 9.50 Å². The van der Waals surface area contributed by atoms with Crippen LogP contribution >= 0.6 is 0 Å². The minimum atomic E-state index is -4.18. The molecular weight excluding hydrogens is 327 g/mol. The second-order valence-corrected chi connectivity index (χ2v) is 5.75. The minimum Gasteiger partial charge on any atom is -0.374 e. The lowest BCUT2D eigenvalue weighted by atomic mass is 10.3. The first-order valence-corrected chi connectivity index (χ1v) is 7.65. The lowest BCUT2D eigenvalue weighted by molar-refractivity contribution is -0.135. The number of nitrogens with zero attached hydrogens (tertiary/aromatic N) is 5. The van der Waals surface area contributed by atoms with Crippen molar-refractivity contribution >= 4 is 11.5 Å². The van der Waals surface area contributed by atoms with E-state index in [-0.39, 0.29) is 24.6 Å². The molecule has 24 heavy (non-hydrogen) atoms. The molecule has 0 saturated carbocycles. The first-order valence-electron chi connectivity index (χ1n) is 7.65. The Bertz CT molecular complexity index is 798. The second-order valence-electron chi connectivity index (χ2n) is 5.75. The third kappa shape index (κ3) is 2.97. The van der Waals surface area contributed by atoms with Crippen LogP contribution < -0.4 is 10.5 Å². The maximum atomic E-state index is 12.5. The van der Waals surface area contributed by atoms with Gasteiger partial charge in [0.25, 0.3) is 5.56 Å². The summed E-state index contributed by atoms with van der Waals surface area (Å²) in [6.07, 6.45) is -3.99. The molecule has 0 unspecified atom stereocenters. The van der Waals surface area contributed by atoms with Crippen LogP contribution in [0.4, 0.5) is 19.1 Å². The molecule has 3 heterocycles. The molecular formula is C14H18F3N5O2. The van der Waals surface area contributed by atoms with Crippen LogP contribution in [-0.4, -0.2) is 45.5 Å². The molecule has 0 aliphatic carbocycles. The van der Waals surface area contributed by atoms with Crippen molar-refractivity contribution in [3.63, 3.8) is 0 Å². The highest BCUT2D eigenvalue weighted by atomic mass is 19.4. The Morgan fingerprint density at radius 1 is 1.38 bits per heavy atom. The number of alkyl halides is 3. The largest absolute Gasteiger partial charge is 0.389 e. The molecule has 132 valence electrons. The summed E-state index contributed by atoms with van der Waals surface area (Å²) in [6, 6.07) is 0. The Kier molecular flexibility index (Phi) is 4.24. The van der Waals surface area contributed by atoms with Gasteiger partial charge in [0.05, 0.1) is 6.20 Å². The molecule has 10 heteroatoms. The summed E-state index contributed by atoms with van der Waals surface area (Å²) in [7, 11) is 1.52. The maximum absolute atomic E-state index is 12.5. The van der Waals surface area contributed by atoms with Crippen molar-refractivity contribution in [2.75, 3.05) is 25.1 Å². The standard InChI is InChI=1S/C14H18F3N5O2/c1-9(24-2)11-18-8-10-12(23)21-7-6-20(13(21)19-22(10)11)5-3-4-14(15,16)17/h8-9H,3-7H2,1-2H3/t9-/m0/s1. The van der Waals surface area contributed by atoms with E-state index in [9.17, 15) is 18.0 Å². The van der Waals surface area contributed by atoms with Crippen molar-refractivity contribution in [3.05, 3.63) is 22.4 Å². The van der Waals surface area contributed by atoms with Crippen LogP contribution in [0.25, 0.3) is 5.52 Å². The summed E-state index contributed by atoms with van der Waals surface area (Å²) in [5.74, 6) is 0.854. The van der Waals surface area contributed by atoms with E-state index >= 15 is 0 Å². The van der Waals surface area contributed by atoms with E-state index in [2.05, 4.69) is 10.1 Å². The molecule has 0 bridgehead atoms. The summed E-state index contributed by atoms with van der Waals surface area (Å²) in [5.41, 5.74) is 0.0789. The van der Waals surface area contributed by atoms with Crippen molar-refractivity contribution in [3.8, 4) is 0 Å². The number of imidazole rings is 1. The number of methoxy groups -OCH3 is 1. The molecule has 1 aliphatic rings. The zero-order chi connectivity index (χ0) is 17.5. The highest BCUT2D eigenvalue weighted by Crippen LogP contribution is 2.24. The molecule has 3 rings (SSSR count). The van der Waals surface area contributed by atoms with Gasteiger partial charge in [0.2, 0.25) is 5.95 Å². The summed E-state index contributed by atoms with van der Waals surface area (Å²) in [4.78, 5) is 18.4. The summed E-state index contributed by atoms with van der Waals surface area (Å²) >= 11 is 0. The summed E-state index contributed by atoms with van der Waals surface area (Å²) in [6.45, 7) is 2.85. The average Bonchev–Trinajstić information content (AvgIpc) is 3.11. The second kappa shape index (κ2) is 6.08. The van der Waals surface area contributed by atoms with Crippen molar-refractivity contribution in [2.24, 2.45) is 0 Å². The van der Waals surface area contributed by atoms with Gasteiger partial charge in [0, 0.05) is 33.2 Å². The number of rotatable bonds is 5. The molecule has 0 spiro atoms. The van der Waals surface area contributed by atoms with Gasteiger partial charge in [0.1, 0.15) is 6.10 Å². The van der Waals surface area contributed by atoms with Crippen molar-refractivity contribution < 1.29 is 17.9 Å². The molecule has 2 aromatic heterocycles. The van der Waals surface area contributed by atoms with Gasteiger partial charge < -0.3 is 9.64 Å². The Hall–Kier alpha value is -2.10.